The number of anilines is 1. The van der Waals surface area contributed by atoms with E-state index < -0.39 is 17.8 Å². The van der Waals surface area contributed by atoms with Crippen LogP contribution in [0.3, 0.4) is 0 Å². The average Bonchev–Trinajstić information content (AvgIpc) is 3.33. The third kappa shape index (κ3) is 4.95. The molecule has 0 aliphatic rings. The molecule has 168 valence electrons. The molecule has 0 aliphatic carbocycles. The predicted molar refractivity (Wildman–Crippen MR) is 123 cm³/mol. The zero-order valence-corrected chi connectivity index (χ0v) is 19.7. The molecule has 11 heteroatoms. The number of carbonyl (C=O) groups excluding carboxylic acids is 3. The largest absolute Gasteiger partial charge is 0.462 e. The molecule has 8 nitrogen and oxygen atoms in total. The van der Waals surface area contributed by atoms with Crippen LogP contribution in [0.1, 0.15) is 49.9 Å². The number of ether oxygens (including phenoxy) is 2. The fourth-order valence-corrected chi connectivity index (χ4v) is 4.47. The maximum atomic E-state index is 12.8. The van der Waals surface area contributed by atoms with E-state index in [4.69, 9.17) is 32.7 Å². The Morgan fingerprint density at radius 2 is 1.78 bits per heavy atom. The number of nitrogens with zero attached hydrogens (tertiary/aromatic N) is 1. The van der Waals surface area contributed by atoms with Gasteiger partial charge in [-0.15, -0.1) is 11.3 Å². The summed E-state index contributed by atoms with van der Waals surface area (Å²) < 4.78 is 10.1. The zero-order valence-electron chi connectivity index (χ0n) is 17.4. The summed E-state index contributed by atoms with van der Waals surface area (Å²) in [5, 5.41) is 10.5. The van der Waals surface area contributed by atoms with E-state index in [1.165, 1.54) is 6.07 Å². The Bertz CT molecular complexity index is 1190. The molecule has 2 N–H and O–H groups in total. The van der Waals surface area contributed by atoms with Gasteiger partial charge in [0.05, 0.1) is 29.5 Å². The highest BCUT2D eigenvalue weighted by Crippen LogP contribution is 2.35. The van der Waals surface area contributed by atoms with Gasteiger partial charge in [-0.1, -0.05) is 23.2 Å². The Labute approximate surface area is 197 Å². The lowest BCUT2D eigenvalue weighted by molar-refractivity contribution is 0.0527. The minimum atomic E-state index is -0.648. The second-order valence-corrected chi connectivity index (χ2v) is 8.31. The van der Waals surface area contributed by atoms with Gasteiger partial charge in [0.15, 0.2) is 0 Å². The van der Waals surface area contributed by atoms with Gasteiger partial charge in [0.1, 0.15) is 15.6 Å². The van der Waals surface area contributed by atoms with Gasteiger partial charge in [-0.3, -0.25) is 9.89 Å². The van der Waals surface area contributed by atoms with Crippen molar-refractivity contribution in [3.05, 3.63) is 56.0 Å². The van der Waals surface area contributed by atoms with E-state index in [-0.39, 0.29) is 34.3 Å². The number of halogens is 2. The number of H-pyrrole nitrogens is 1. The Hall–Kier alpha value is -2.88. The van der Waals surface area contributed by atoms with E-state index in [0.717, 1.165) is 11.3 Å². The van der Waals surface area contributed by atoms with E-state index >= 15 is 0 Å². The van der Waals surface area contributed by atoms with E-state index in [0.29, 0.717) is 26.9 Å². The summed E-state index contributed by atoms with van der Waals surface area (Å²) in [6.45, 7) is 5.26. The molecule has 0 spiro atoms. The van der Waals surface area contributed by atoms with Crippen molar-refractivity contribution in [2.75, 3.05) is 18.5 Å². The van der Waals surface area contributed by atoms with E-state index in [9.17, 15) is 14.4 Å². The number of hydrogen-bond acceptors (Lipinski definition) is 7. The van der Waals surface area contributed by atoms with Gasteiger partial charge < -0.3 is 14.8 Å². The van der Waals surface area contributed by atoms with Crippen molar-refractivity contribution < 1.29 is 23.9 Å². The Kier molecular flexibility index (Phi) is 7.55. The Balaban J connectivity index is 1.91. The summed E-state index contributed by atoms with van der Waals surface area (Å²) in [7, 11) is 0. The summed E-state index contributed by atoms with van der Waals surface area (Å²) in [5.74, 6) is -1.79. The van der Waals surface area contributed by atoms with E-state index in [2.05, 4.69) is 15.5 Å². The number of hydrogen-bond donors (Lipinski definition) is 2. The monoisotopic (exact) mass is 495 g/mol. The van der Waals surface area contributed by atoms with Crippen LogP contribution in [0.5, 0.6) is 0 Å². The molecular weight excluding hydrogens is 477 g/mol. The lowest BCUT2D eigenvalue weighted by Crippen LogP contribution is -2.15. The molecule has 3 rings (SSSR count). The summed E-state index contributed by atoms with van der Waals surface area (Å²) >= 11 is 13.1. The smallest absolute Gasteiger partial charge is 0.348 e. The maximum Gasteiger partial charge on any atom is 0.348 e. The van der Waals surface area contributed by atoms with Gasteiger partial charge in [-0.2, -0.15) is 5.10 Å². The van der Waals surface area contributed by atoms with Crippen LogP contribution < -0.4 is 5.32 Å². The molecule has 0 atom stereocenters. The average molecular weight is 496 g/mol. The van der Waals surface area contributed by atoms with Gasteiger partial charge in [-0.25, -0.2) is 9.59 Å². The van der Waals surface area contributed by atoms with Crippen LogP contribution in [0.2, 0.25) is 10.0 Å². The Morgan fingerprint density at radius 1 is 1.09 bits per heavy atom. The van der Waals surface area contributed by atoms with Crippen molar-refractivity contribution in [3.8, 4) is 11.3 Å². The summed E-state index contributed by atoms with van der Waals surface area (Å²) in [4.78, 5) is 37.8. The van der Waals surface area contributed by atoms with Crippen LogP contribution in [0, 0.1) is 6.92 Å². The van der Waals surface area contributed by atoms with Gasteiger partial charge in [0, 0.05) is 10.6 Å². The fourth-order valence-electron chi connectivity index (χ4n) is 2.89. The van der Waals surface area contributed by atoms with Crippen molar-refractivity contribution in [3.63, 3.8) is 0 Å². The van der Waals surface area contributed by atoms with Crippen LogP contribution in [-0.4, -0.2) is 41.3 Å². The number of carbonyl (C=O) groups is 3. The number of esters is 2. The lowest BCUT2D eigenvalue weighted by atomic mass is 10.1. The van der Waals surface area contributed by atoms with Crippen LogP contribution in [0.25, 0.3) is 11.3 Å². The second-order valence-electron chi connectivity index (χ2n) is 6.45. The molecule has 0 unspecified atom stereocenters. The number of rotatable bonds is 7. The first-order chi connectivity index (χ1) is 15.3. The molecule has 1 aromatic carbocycles. The zero-order chi connectivity index (χ0) is 23.4. The summed E-state index contributed by atoms with van der Waals surface area (Å²) in [6.07, 6.45) is 0. The van der Waals surface area contributed by atoms with E-state index in [1.54, 1.807) is 39.0 Å². The molecular formula is C21H19Cl2N3O5S. The van der Waals surface area contributed by atoms with Gasteiger partial charge in [0.25, 0.3) is 5.91 Å². The molecule has 32 heavy (non-hydrogen) atoms. The number of nitrogens with one attached hydrogen (secondary N) is 2. The number of amides is 1. The van der Waals surface area contributed by atoms with E-state index in [1.807, 2.05) is 0 Å². The summed E-state index contributed by atoms with van der Waals surface area (Å²) in [6, 6.07) is 6.44. The van der Waals surface area contributed by atoms with Crippen molar-refractivity contribution >= 4 is 57.4 Å². The normalized spacial score (nSPS) is 10.7. The topological polar surface area (TPSA) is 110 Å². The Morgan fingerprint density at radius 3 is 2.44 bits per heavy atom. The highest BCUT2D eigenvalue weighted by Gasteiger charge is 2.28. The minimum absolute atomic E-state index is 0.105. The number of aromatic nitrogens is 2. The second kappa shape index (κ2) is 10.2. The molecule has 1 amide bonds. The van der Waals surface area contributed by atoms with Crippen molar-refractivity contribution in [2.24, 2.45) is 0 Å². The van der Waals surface area contributed by atoms with Gasteiger partial charge >= 0.3 is 11.9 Å². The van der Waals surface area contributed by atoms with Crippen LogP contribution >= 0.6 is 34.5 Å². The third-order valence-electron chi connectivity index (χ3n) is 4.34. The first kappa shape index (κ1) is 23.8. The van der Waals surface area contributed by atoms with Crippen molar-refractivity contribution in [2.45, 2.75) is 20.8 Å². The molecule has 2 heterocycles. The fraction of sp³-hybridized carbons (Fsp3) is 0.238. The van der Waals surface area contributed by atoms with Gasteiger partial charge in [0.2, 0.25) is 0 Å². The molecule has 0 aliphatic heterocycles. The molecule has 0 bridgehead atoms. The highest BCUT2D eigenvalue weighted by molar-refractivity contribution is 7.18. The molecule has 0 saturated heterocycles. The van der Waals surface area contributed by atoms with Crippen molar-refractivity contribution in [1.29, 1.82) is 0 Å². The SMILES string of the molecule is CCOC(=O)c1sc(NC(=O)c2cc(-c3ccc(Cl)cc3Cl)n[nH]2)c(C(=O)OCC)c1C. The highest BCUT2D eigenvalue weighted by atomic mass is 35.5. The number of aromatic amines is 1. The third-order valence-corrected chi connectivity index (χ3v) is 6.08. The van der Waals surface area contributed by atoms with Gasteiger partial charge in [-0.05, 0) is 50.6 Å². The molecule has 2 aromatic heterocycles. The molecule has 0 fully saturated rings. The van der Waals surface area contributed by atoms with Crippen LogP contribution in [0.15, 0.2) is 24.3 Å². The first-order valence-electron chi connectivity index (χ1n) is 9.56. The minimum Gasteiger partial charge on any atom is -0.462 e. The predicted octanol–water partition coefficient (Wildman–Crippen LogP) is 5.36. The van der Waals surface area contributed by atoms with Crippen LogP contribution in [0.4, 0.5) is 5.00 Å². The number of thiophene rings is 1. The number of benzene rings is 1. The summed E-state index contributed by atoms with van der Waals surface area (Å²) in [5.41, 5.74) is 1.64. The van der Waals surface area contributed by atoms with Crippen molar-refractivity contribution in [1.82, 2.24) is 10.2 Å². The maximum absolute atomic E-state index is 12.8. The first-order valence-corrected chi connectivity index (χ1v) is 11.1. The molecule has 0 radical (unpaired) electrons. The molecule has 3 aromatic rings. The standard InChI is InChI=1S/C21H19Cl2N3O5S/c1-4-30-20(28)16-10(3)17(21(29)31-5-2)32-19(16)24-18(27)15-9-14(25-26-15)12-7-6-11(22)8-13(12)23/h6-9H,4-5H2,1-3H3,(H,24,27)(H,25,26). The quantitative estimate of drug-likeness (QED) is 0.426. The van der Waals surface area contributed by atoms with Crippen LogP contribution in [-0.2, 0) is 9.47 Å². The lowest BCUT2D eigenvalue weighted by Gasteiger charge is -2.06. The molecule has 0 saturated carbocycles.